The second-order valence-corrected chi connectivity index (χ2v) is 12.2. The fourth-order valence-corrected chi connectivity index (χ4v) is 6.36. The highest BCUT2D eigenvalue weighted by Crippen LogP contribution is 2.34. The van der Waals surface area contributed by atoms with Crippen molar-refractivity contribution >= 4 is 27.5 Å². The molecule has 0 bridgehead atoms. The van der Waals surface area contributed by atoms with Crippen LogP contribution >= 0.6 is 0 Å². The summed E-state index contributed by atoms with van der Waals surface area (Å²) < 4.78 is 40.2. The fourth-order valence-electron chi connectivity index (χ4n) is 4.93. The monoisotopic (exact) mass is 629 g/mol. The summed E-state index contributed by atoms with van der Waals surface area (Å²) in [4.78, 5) is 29.7. The van der Waals surface area contributed by atoms with Crippen molar-refractivity contribution in [1.29, 1.82) is 0 Å². The summed E-state index contributed by atoms with van der Waals surface area (Å²) >= 11 is 0. The zero-order valence-corrected chi connectivity index (χ0v) is 26.6. The predicted molar refractivity (Wildman–Crippen MR) is 175 cm³/mol. The average Bonchev–Trinajstić information content (AvgIpc) is 3.08. The van der Waals surface area contributed by atoms with Crippen LogP contribution in [0.15, 0.2) is 114 Å². The minimum absolute atomic E-state index is 0.0173. The minimum Gasteiger partial charge on any atom is -0.493 e. The molecule has 1 N–H and O–H groups in total. The number of carbonyl (C=O) groups is 2. The van der Waals surface area contributed by atoms with Crippen LogP contribution < -0.4 is 19.1 Å². The number of amides is 2. The molecule has 0 aliphatic carbocycles. The highest BCUT2D eigenvalue weighted by molar-refractivity contribution is 7.92. The maximum Gasteiger partial charge on any atom is 0.264 e. The molecule has 0 fully saturated rings. The van der Waals surface area contributed by atoms with Gasteiger partial charge in [0.15, 0.2) is 11.5 Å². The quantitative estimate of drug-likeness (QED) is 0.197. The summed E-state index contributed by atoms with van der Waals surface area (Å²) in [6.07, 6.45) is 0.968. The summed E-state index contributed by atoms with van der Waals surface area (Å²) in [6, 6.07) is 30.5. The summed E-state index contributed by atoms with van der Waals surface area (Å²) in [6.45, 7) is 1.93. The van der Waals surface area contributed by atoms with Crippen molar-refractivity contribution in [3.8, 4) is 11.5 Å². The van der Waals surface area contributed by atoms with Gasteiger partial charge in [-0.1, -0.05) is 85.8 Å². The van der Waals surface area contributed by atoms with Crippen molar-refractivity contribution in [2.24, 2.45) is 0 Å². The van der Waals surface area contributed by atoms with Gasteiger partial charge >= 0.3 is 0 Å². The van der Waals surface area contributed by atoms with Crippen LogP contribution in [-0.4, -0.2) is 58.5 Å². The van der Waals surface area contributed by atoms with Gasteiger partial charge in [0, 0.05) is 25.6 Å². The number of benzene rings is 4. The predicted octanol–water partition coefficient (Wildman–Crippen LogP) is 5.07. The number of anilines is 1. The molecule has 4 aromatic carbocycles. The lowest BCUT2D eigenvalue weighted by molar-refractivity contribution is -0.140. The van der Waals surface area contributed by atoms with E-state index in [1.807, 2.05) is 67.6 Å². The van der Waals surface area contributed by atoms with E-state index in [1.54, 1.807) is 30.3 Å². The number of sulfonamides is 1. The van der Waals surface area contributed by atoms with Crippen LogP contribution in [0.2, 0.25) is 0 Å². The number of carbonyl (C=O) groups excluding carboxylic acids is 2. The van der Waals surface area contributed by atoms with E-state index in [9.17, 15) is 18.0 Å². The van der Waals surface area contributed by atoms with Gasteiger partial charge < -0.3 is 19.7 Å². The molecule has 2 amide bonds. The van der Waals surface area contributed by atoms with Crippen molar-refractivity contribution in [2.45, 2.75) is 37.2 Å². The minimum atomic E-state index is -4.23. The number of hydrogen-bond donors (Lipinski definition) is 1. The van der Waals surface area contributed by atoms with Crippen LogP contribution in [0.25, 0.3) is 0 Å². The summed E-state index contributed by atoms with van der Waals surface area (Å²) in [5, 5.41) is 2.95. The number of nitrogens with zero attached hydrogens (tertiary/aromatic N) is 2. The van der Waals surface area contributed by atoms with Crippen LogP contribution in [0.3, 0.4) is 0 Å². The molecule has 0 aliphatic rings. The van der Waals surface area contributed by atoms with Gasteiger partial charge in [-0.3, -0.25) is 13.9 Å². The Morgan fingerprint density at radius 1 is 0.778 bits per heavy atom. The Hall–Kier alpha value is -4.83. The van der Waals surface area contributed by atoms with Crippen LogP contribution in [0.4, 0.5) is 5.69 Å². The molecule has 0 aromatic heterocycles. The van der Waals surface area contributed by atoms with E-state index in [4.69, 9.17) is 9.47 Å². The lowest BCUT2D eigenvalue weighted by Gasteiger charge is -2.34. The summed E-state index contributed by atoms with van der Waals surface area (Å²) in [5.74, 6) is -0.141. The van der Waals surface area contributed by atoms with E-state index in [0.717, 1.165) is 21.9 Å². The third-order valence-corrected chi connectivity index (χ3v) is 9.07. The van der Waals surface area contributed by atoms with E-state index in [-0.39, 0.29) is 29.5 Å². The van der Waals surface area contributed by atoms with Crippen molar-refractivity contribution in [1.82, 2.24) is 10.2 Å². The molecular formula is C35H39N3O6S. The van der Waals surface area contributed by atoms with Gasteiger partial charge in [0.25, 0.3) is 10.0 Å². The van der Waals surface area contributed by atoms with Crippen molar-refractivity contribution in [2.75, 3.05) is 31.6 Å². The molecule has 10 heteroatoms. The van der Waals surface area contributed by atoms with Gasteiger partial charge in [0.2, 0.25) is 11.8 Å². The van der Waals surface area contributed by atoms with Gasteiger partial charge in [-0.25, -0.2) is 8.42 Å². The van der Waals surface area contributed by atoms with Crippen LogP contribution in [0, 0.1) is 0 Å². The smallest absolute Gasteiger partial charge is 0.264 e. The van der Waals surface area contributed by atoms with Gasteiger partial charge in [-0.15, -0.1) is 0 Å². The highest BCUT2D eigenvalue weighted by Gasteiger charge is 2.34. The number of ether oxygens (including phenoxy) is 2. The number of rotatable bonds is 15. The lowest BCUT2D eigenvalue weighted by Crippen LogP contribution is -2.53. The molecule has 0 unspecified atom stereocenters. The molecule has 45 heavy (non-hydrogen) atoms. The van der Waals surface area contributed by atoms with Crippen molar-refractivity contribution in [3.63, 3.8) is 0 Å². The molecule has 0 spiro atoms. The normalized spacial score (nSPS) is 11.7. The molecular weight excluding hydrogens is 590 g/mol. The molecule has 0 aliphatic heterocycles. The Balaban J connectivity index is 1.81. The third-order valence-electron chi connectivity index (χ3n) is 7.28. The maximum atomic E-state index is 14.5. The molecule has 4 aromatic rings. The first kappa shape index (κ1) is 33.1. The van der Waals surface area contributed by atoms with Crippen molar-refractivity contribution < 1.29 is 27.5 Å². The SMILES string of the molecule is CCCNC(=O)[C@H](Cc1ccccc1)N(Cc1ccccc1)C(=O)CN(c1ccc(OC)c(OC)c1)S(=O)(=O)c1ccccc1. The Bertz CT molecular complexity index is 1650. The van der Waals surface area contributed by atoms with Crippen molar-refractivity contribution in [3.05, 3.63) is 120 Å². The first-order chi connectivity index (χ1) is 21.8. The molecule has 9 nitrogen and oxygen atoms in total. The van der Waals surface area contributed by atoms with E-state index >= 15 is 0 Å². The number of hydrogen-bond acceptors (Lipinski definition) is 6. The van der Waals surface area contributed by atoms with Gasteiger partial charge in [-0.05, 0) is 41.8 Å². The first-order valence-electron chi connectivity index (χ1n) is 14.7. The van der Waals surface area contributed by atoms with Crippen LogP contribution in [-0.2, 0) is 32.6 Å². The summed E-state index contributed by atoms with van der Waals surface area (Å²) in [7, 11) is -1.29. The third kappa shape index (κ3) is 8.42. The fraction of sp³-hybridized carbons (Fsp3) is 0.257. The Morgan fingerprint density at radius 3 is 1.93 bits per heavy atom. The molecule has 0 radical (unpaired) electrons. The lowest BCUT2D eigenvalue weighted by atomic mass is 10.0. The Kier molecular flexibility index (Phi) is 11.6. The van der Waals surface area contributed by atoms with E-state index in [0.29, 0.717) is 18.0 Å². The molecule has 236 valence electrons. The zero-order valence-electron chi connectivity index (χ0n) is 25.8. The van der Waals surface area contributed by atoms with Crippen LogP contribution in [0.5, 0.6) is 11.5 Å². The van der Waals surface area contributed by atoms with Gasteiger partial charge in [-0.2, -0.15) is 0 Å². The van der Waals surface area contributed by atoms with Gasteiger partial charge in [0.1, 0.15) is 12.6 Å². The topological polar surface area (TPSA) is 105 Å². The standard InChI is InChI=1S/C35H39N3O6S/c1-4-22-36-35(40)31(23-27-14-8-5-9-15-27)37(25-28-16-10-6-11-17-28)34(39)26-38(45(41,42)30-18-12-7-13-19-30)29-20-21-32(43-2)33(24-29)44-3/h5-21,24,31H,4,22-23,25-26H2,1-3H3,(H,36,40)/t31-/m0/s1. The molecule has 0 saturated carbocycles. The highest BCUT2D eigenvalue weighted by atomic mass is 32.2. The van der Waals surface area contributed by atoms with E-state index in [1.165, 1.54) is 37.3 Å². The number of nitrogens with one attached hydrogen (secondary N) is 1. The zero-order chi connectivity index (χ0) is 32.2. The second-order valence-electron chi connectivity index (χ2n) is 10.4. The Labute approximate surface area is 265 Å². The Morgan fingerprint density at radius 2 is 1.36 bits per heavy atom. The molecule has 4 rings (SSSR count). The molecule has 0 heterocycles. The molecule has 1 atom stereocenters. The van der Waals surface area contributed by atoms with Gasteiger partial charge in [0.05, 0.1) is 24.8 Å². The maximum absolute atomic E-state index is 14.5. The second kappa shape index (κ2) is 15.8. The van der Waals surface area contributed by atoms with E-state index < -0.39 is 28.5 Å². The average molecular weight is 630 g/mol. The number of methoxy groups -OCH3 is 2. The first-order valence-corrected chi connectivity index (χ1v) is 16.2. The van der Waals surface area contributed by atoms with Crippen LogP contribution in [0.1, 0.15) is 24.5 Å². The van der Waals surface area contributed by atoms with E-state index in [2.05, 4.69) is 5.32 Å². The molecule has 0 saturated heterocycles. The summed E-state index contributed by atoms with van der Waals surface area (Å²) in [5.41, 5.74) is 1.88. The largest absolute Gasteiger partial charge is 0.493 e.